The number of hydrogen-bond donors (Lipinski definition) is 2. The van der Waals surface area contributed by atoms with E-state index in [4.69, 9.17) is 0 Å². The highest BCUT2D eigenvalue weighted by atomic mass is 32.1. The fourth-order valence-electron chi connectivity index (χ4n) is 3.04. The molecular formula is C18H21N3O2S. The van der Waals surface area contributed by atoms with Crippen LogP contribution in [0.1, 0.15) is 29.0 Å². The van der Waals surface area contributed by atoms with Gasteiger partial charge in [0.25, 0.3) is 0 Å². The van der Waals surface area contributed by atoms with Crippen molar-refractivity contribution in [1.29, 1.82) is 0 Å². The molecule has 1 aromatic carbocycles. The molecule has 2 aromatic rings. The summed E-state index contributed by atoms with van der Waals surface area (Å²) in [4.78, 5) is 28.1. The number of amides is 3. The van der Waals surface area contributed by atoms with E-state index >= 15 is 0 Å². The van der Waals surface area contributed by atoms with Gasteiger partial charge in [0.1, 0.15) is 6.04 Å². The summed E-state index contributed by atoms with van der Waals surface area (Å²) in [6.45, 7) is 3.83. The van der Waals surface area contributed by atoms with Crippen LogP contribution in [0.3, 0.4) is 0 Å². The van der Waals surface area contributed by atoms with E-state index in [1.165, 1.54) is 10.4 Å². The zero-order valence-electron chi connectivity index (χ0n) is 13.6. The molecule has 0 aliphatic carbocycles. The minimum Gasteiger partial charge on any atom is -0.338 e. The summed E-state index contributed by atoms with van der Waals surface area (Å²) < 4.78 is 0. The molecule has 1 unspecified atom stereocenters. The molecule has 0 radical (unpaired) electrons. The van der Waals surface area contributed by atoms with E-state index in [0.717, 1.165) is 25.1 Å². The molecule has 2 N–H and O–H groups in total. The lowest BCUT2D eigenvalue weighted by Crippen LogP contribution is -2.47. The number of benzene rings is 1. The summed E-state index contributed by atoms with van der Waals surface area (Å²) in [6, 6.07) is 10.8. The molecule has 3 rings (SSSR count). The van der Waals surface area contributed by atoms with E-state index < -0.39 is 12.1 Å². The number of nitrogens with one attached hydrogen (secondary N) is 2. The van der Waals surface area contributed by atoms with Gasteiger partial charge in [0, 0.05) is 24.5 Å². The van der Waals surface area contributed by atoms with Crippen LogP contribution in [-0.2, 0) is 17.8 Å². The summed E-state index contributed by atoms with van der Waals surface area (Å²) in [5.74, 6) is -0.286. The Kier molecular flexibility index (Phi) is 5.27. The smallest absolute Gasteiger partial charge is 0.321 e. The normalized spacial score (nSPS) is 15.4. The van der Waals surface area contributed by atoms with Crippen molar-refractivity contribution in [2.45, 2.75) is 25.9 Å². The molecule has 6 heteroatoms. The van der Waals surface area contributed by atoms with E-state index in [-0.39, 0.29) is 5.91 Å². The van der Waals surface area contributed by atoms with Crippen molar-refractivity contribution in [3.63, 3.8) is 0 Å². The van der Waals surface area contributed by atoms with Crippen LogP contribution in [0.25, 0.3) is 0 Å². The number of fused-ring (bicyclic) bond motifs is 1. The number of urea groups is 1. The number of carbonyl (C=O) groups is 2. The predicted molar refractivity (Wildman–Crippen MR) is 94.8 cm³/mol. The van der Waals surface area contributed by atoms with Crippen LogP contribution in [0.15, 0.2) is 41.8 Å². The maximum Gasteiger partial charge on any atom is 0.321 e. The third kappa shape index (κ3) is 3.66. The third-order valence-electron chi connectivity index (χ3n) is 4.14. The first-order chi connectivity index (χ1) is 11.7. The highest BCUT2D eigenvalue weighted by Crippen LogP contribution is 2.30. The Morgan fingerprint density at radius 1 is 1.25 bits per heavy atom. The van der Waals surface area contributed by atoms with Gasteiger partial charge in [-0.1, -0.05) is 30.3 Å². The molecule has 1 atom stereocenters. The molecule has 1 aliphatic rings. The van der Waals surface area contributed by atoms with Gasteiger partial charge in [-0.15, -0.1) is 11.3 Å². The Morgan fingerprint density at radius 2 is 2.04 bits per heavy atom. The second-order valence-electron chi connectivity index (χ2n) is 5.75. The monoisotopic (exact) mass is 343 g/mol. The van der Waals surface area contributed by atoms with E-state index in [2.05, 4.69) is 27.0 Å². The predicted octanol–water partition coefficient (Wildman–Crippen LogP) is 2.69. The molecule has 1 aliphatic heterocycles. The van der Waals surface area contributed by atoms with Gasteiger partial charge in [0.2, 0.25) is 5.91 Å². The zero-order valence-corrected chi connectivity index (χ0v) is 14.4. The molecule has 0 fully saturated rings. The maximum absolute atomic E-state index is 12.8. The summed E-state index contributed by atoms with van der Waals surface area (Å²) in [5, 5.41) is 7.17. The van der Waals surface area contributed by atoms with Crippen LogP contribution in [0.4, 0.5) is 4.79 Å². The van der Waals surface area contributed by atoms with E-state index in [1.807, 2.05) is 37.3 Å². The van der Waals surface area contributed by atoms with Crippen LogP contribution >= 0.6 is 11.3 Å². The van der Waals surface area contributed by atoms with Gasteiger partial charge < -0.3 is 5.32 Å². The Balaban J connectivity index is 1.83. The Morgan fingerprint density at radius 3 is 2.79 bits per heavy atom. The minimum atomic E-state index is -0.471. The van der Waals surface area contributed by atoms with Crippen LogP contribution in [0.5, 0.6) is 0 Å². The van der Waals surface area contributed by atoms with Gasteiger partial charge in [0.15, 0.2) is 0 Å². The fraction of sp³-hybridized carbons (Fsp3) is 0.333. The summed E-state index contributed by atoms with van der Waals surface area (Å²) in [6.07, 6.45) is 0.935. The first-order valence-corrected chi connectivity index (χ1v) is 9.00. The number of hydrogen-bond acceptors (Lipinski definition) is 4. The van der Waals surface area contributed by atoms with Gasteiger partial charge in [-0.25, -0.2) is 4.79 Å². The minimum absolute atomic E-state index is 0.286. The van der Waals surface area contributed by atoms with Gasteiger partial charge in [-0.3, -0.25) is 15.0 Å². The average Bonchev–Trinajstić information content (AvgIpc) is 3.04. The molecule has 0 bridgehead atoms. The molecule has 0 saturated carbocycles. The molecule has 1 aromatic heterocycles. The van der Waals surface area contributed by atoms with Gasteiger partial charge in [0.05, 0.1) is 0 Å². The second-order valence-corrected chi connectivity index (χ2v) is 6.75. The Bertz CT molecular complexity index is 714. The Hall–Kier alpha value is -2.18. The van der Waals surface area contributed by atoms with E-state index in [1.54, 1.807) is 11.3 Å². The summed E-state index contributed by atoms with van der Waals surface area (Å²) >= 11 is 1.77. The van der Waals surface area contributed by atoms with Crippen molar-refractivity contribution < 1.29 is 9.59 Å². The first kappa shape index (κ1) is 16.7. The van der Waals surface area contributed by atoms with Crippen LogP contribution in [-0.4, -0.2) is 29.9 Å². The van der Waals surface area contributed by atoms with Crippen molar-refractivity contribution in [3.05, 3.63) is 57.8 Å². The Labute approximate surface area is 145 Å². The van der Waals surface area contributed by atoms with Crippen molar-refractivity contribution in [3.8, 4) is 0 Å². The summed E-state index contributed by atoms with van der Waals surface area (Å²) in [7, 11) is 0. The molecular weight excluding hydrogens is 322 g/mol. The lowest BCUT2D eigenvalue weighted by molar-refractivity contribution is -0.126. The third-order valence-corrected chi connectivity index (χ3v) is 5.16. The maximum atomic E-state index is 12.8. The molecule has 0 saturated heterocycles. The van der Waals surface area contributed by atoms with Crippen LogP contribution in [0.2, 0.25) is 0 Å². The first-order valence-electron chi connectivity index (χ1n) is 8.12. The number of nitrogens with zero attached hydrogens (tertiary/aromatic N) is 1. The topological polar surface area (TPSA) is 61.4 Å². The van der Waals surface area contributed by atoms with Crippen molar-refractivity contribution >= 4 is 23.3 Å². The quantitative estimate of drug-likeness (QED) is 0.897. The lowest BCUT2D eigenvalue weighted by Gasteiger charge is -2.33. The van der Waals surface area contributed by atoms with Gasteiger partial charge in [-0.05, 0) is 35.9 Å². The highest BCUT2D eigenvalue weighted by molar-refractivity contribution is 7.10. The molecule has 0 spiro atoms. The van der Waals surface area contributed by atoms with Crippen LogP contribution < -0.4 is 10.6 Å². The van der Waals surface area contributed by atoms with Crippen molar-refractivity contribution in [2.24, 2.45) is 0 Å². The standard InChI is InChI=1S/C18H21N3O2S/c1-2-19-18(23)20-17(22)16(13-6-4-3-5-7-13)21-10-8-15-14(12-21)9-11-24-15/h3-7,9,11,16H,2,8,10,12H2,1H3,(H2,19,20,22,23). The SMILES string of the molecule is CCNC(=O)NC(=O)C(c1ccccc1)N1CCc2sccc2C1. The lowest BCUT2D eigenvalue weighted by atomic mass is 10.0. The fourth-order valence-corrected chi connectivity index (χ4v) is 3.93. The number of thiophene rings is 1. The molecule has 24 heavy (non-hydrogen) atoms. The van der Waals surface area contributed by atoms with Crippen LogP contribution in [0, 0.1) is 0 Å². The van der Waals surface area contributed by atoms with Crippen molar-refractivity contribution in [2.75, 3.05) is 13.1 Å². The number of imide groups is 1. The van der Waals surface area contributed by atoms with Gasteiger partial charge >= 0.3 is 6.03 Å². The number of rotatable bonds is 4. The molecule has 5 nitrogen and oxygen atoms in total. The highest BCUT2D eigenvalue weighted by Gasteiger charge is 2.31. The molecule has 3 amide bonds. The van der Waals surface area contributed by atoms with E-state index in [9.17, 15) is 9.59 Å². The molecule has 2 heterocycles. The molecule has 126 valence electrons. The summed E-state index contributed by atoms with van der Waals surface area (Å²) in [5.41, 5.74) is 2.18. The van der Waals surface area contributed by atoms with E-state index in [0.29, 0.717) is 6.54 Å². The van der Waals surface area contributed by atoms with Crippen molar-refractivity contribution in [1.82, 2.24) is 15.5 Å². The second kappa shape index (κ2) is 7.59. The average molecular weight is 343 g/mol. The zero-order chi connectivity index (χ0) is 16.9. The largest absolute Gasteiger partial charge is 0.338 e. The van der Waals surface area contributed by atoms with Gasteiger partial charge in [-0.2, -0.15) is 0 Å². The number of carbonyl (C=O) groups excluding carboxylic acids is 2.